The monoisotopic (exact) mass is 546 g/mol. The van der Waals surface area contributed by atoms with Crippen LogP contribution < -0.4 is 15.4 Å². The molecule has 1 heterocycles. The predicted octanol–water partition coefficient (Wildman–Crippen LogP) is 4.35. The van der Waals surface area contributed by atoms with E-state index in [1.54, 1.807) is 0 Å². The molecule has 0 aromatic heterocycles. The molecule has 6 nitrogen and oxygen atoms in total. The first-order chi connectivity index (χ1) is 14.6. The maximum absolute atomic E-state index is 5.94. The molecule has 31 heavy (non-hydrogen) atoms. The Morgan fingerprint density at radius 2 is 2.03 bits per heavy atom. The summed E-state index contributed by atoms with van der Waals surface area (Å²) in [6, 6.07) is 7.07. The summed E-state index contributed by atoms with van der Waals surface area (Å²) < 4.78 is 11.3. The number of piperidine rings is 1. The van der Waals surface area contributed by atoms with Crippen LogP contribution >= 0.6 is 24.0 Å². The number of hydrogen-bond acceptors (Lipinski definition) is 4. The molecular weight excluding hydrogens is 503 g/mol. The number of rotatable bonds is 12. The highest BCUT2D eigenvalue weighted by Crippen LogP contribution is 2.20. The summed E-state index contributed by atoms with van der Waals surface area (Å²) in [5.41, 5.74) is 2.31. The minimum Gasteiger partial charge on any atom is -0.491 e. The second-order valence-electron chi connectivity index (χ2n) is 8.10. The highest BCUT2D eigenvalue weighted by Gasteiger charge is 2.17. The zero-order valence-electron chi connectivity index (χ0n) is 19.9. The van der Waals surface area contributed by atoms with Gasteiger partial charge in [-0.15, -0.1) is 24.0 Å². The van der Waals surface area contributed by atoms with Crippen LogP contribution in [0.1, 0.15) is 57.1 Å². The van der Waals surface area contributed by atoms with E-state index < -0.39 is 0 Å². The van der Waals surface area contributed by atoms with Crippen LogP contribution in [0.5, 0.6) is 5.75 Å². The van der Waals surface area contributed by atoms with E-state index in [2.05, 4.69) is 52.6 Å². The molecule has 0 saturated carbocycles. The summed E-state index contributed by atoms with van der Waals surface area (Å²) >= 11 is 0. The van der Waals surface area contributed by atoms with Crippen LogP contribution in [-0.2, 0) is 11.3 Å². The lowest BCUT2D eigenvalue weighted by Gasteiger charge is -2.33. The van der Waals surface area contributed by atoms with E-state index >= 15 is 0 Å². The highest BCUT2D eigenvalue weighted by atomic mass is 127. The van der Waals surface area contributed by atoms with E-state index in [1.807, 2.05) is 14.0 Å². The fourth-order valence-corrected chi connectivity index (χ4v) is 3.83. The van der Waals surface area contributed by atoms with E-state index in [0.29, 0.717) is 26.4 Å². The Hall–Kier alpha value is -1.06. The zero-order valence-corrected chi connectivity index (χ0v) is 22.2. The third-order valence-electron chi connectivity index (χ3n) is 5.69. The first-order valence-corrected chi connectivity index (χ1v) is 11.6. The molecule has 0 bridgehead atoms. The standard InChI is InChI=1S/C24H42N4O2.HI/c1-5-29-16-17-30-23-18-20(2)11-12-22(23)19-27-24(25-4)26-13-7-9-15-28-14-8-6-10-21(28)3;/h11-12,18,21H,5-10,13-17,19H2,1-4H3,(H2,25,26,27);1H. The quantitative estimate of drug-likeness (QED) is 0.177. The van der Waals surface area contributed by atoms with Crippen LogP contribution in [0.25, 0.3) is 0 Å². The average Bonchev–Trinajstić information content (AvgIpc) is 2.75. The van der Waals surface area contributed by atoms with Crippen molar-refractivity contribution in [3.05, 3.63) is 29.3 Å². The molecule has 1 saturated heterocycles. The number of unbranched alkanes of at least 4 members (excludes halogenated alkanes) is 1. The van der Waals surface area contributed by atoms with Gasteiger partial charge in [0.2, 0.25) is 0 Å². The smallest absolute Gasteiger partial charge is 0.191 e. The molecule has 2 N–H and O–H groups in total. The van der Waals surface area contributed by atoms with Crippen molar-refractivity contribution in [2.75, 3.05) is 46.5 Å². The van der Waals surface area contributed by atoms with Crippen molar-refractivity contribution in [1.82, 2.24) is 15.5 Å². The molecule has 0 aliphatic carbocycles. The van der Waals surface area contributed by atoms with E-state index in [1.165, 1.54) is 44.3 Å². The van der Waals surface area contributed by atoms with Crippen molar-refractivity contribution in [2.24, 2.45) is 4.99 Å². The summed E-state index contributed by atoms with van der Waals surface area (Å²) in [6.07, 6.45) is 6.48. The van der Waals surface area contributed by atoms with Gasteiger partial charge in [-0.2, -0.15) is 0 Å². The predicted molar refractivity (Wildman–Crippen MR) is 141 cm³/mol. The maximum atomic E-state index is 5.94. The molecule has 1 aromatic rings. The molecule has 0 radical (unpaired) electrons. The molecular formula is C24H43IN4O2. The van der Waals surface area contributed by atoms with Gasteiger partial charge in [0, 0.05) is 38.3 Å². The molecule has 1 fully saturated rings. The molecule has 178 valence electrons. The Morgan fingerprint density at radius 3 is 2.77 bits per heavy atom. The molecule has 2 rings (SSSR count). The topological polar surface area (TPSA) is 58.1 Å². The van der Waals surface area contributed by atoms with Gasteiger partial charge in [-0.1, -0.05) is 18.6 Å². The number of ether oxygens (including phenoxy) is 2. The van der Waals surface area contributed by atoms with E-state index in [0.717, 1.165) is 36.3 Å². The molecule has 1 aliphatic heterocycles. The molecule has 1 unspecified atom stereocenters. The maximum Gasteiger partial charge on any atom is 0.191 e. The summed E-state index contributed by atoms with van der Waals surface area (Å²) in [7, 11) is 1.82. The molecule has 0 amide bonds. The number of aliphatic imine (C=N–C) groups is 1. The summed E-state index contributed by atoms with van der Waals surface area (Å²) in [5.74, 6) is 1.75. The minimum absolute atomic E-state index is 0. The Labute approximate surface area is 206 Å². The molecule has 1 atom stereocenters. The number of aryl methyl sites for hydroxylation is 1. The number of guanidine groups is 1. The van der Waals surface area contributed by atoms with Gasteiger partial charge >= 0.3 is 0 Å². The fourth-order valence-electron chi connectivity index (χ4n) is 3.83. The minimum atomic E-state index is 0. The van der Waals surface area contributed by atoms with Crippen LogP contribution in [0.15, 0.2) is 23.2 Å². The molecule has 1 aliphatic rings. The van der Waals surface area contributed by atoms with Gasteiger partial charge in [-0.05, 0) is 71.2 Å². The summed E-state index contributed by atoms with van der Waals surface area (Å²) in [5, 5.41) is 6.85. The Morgan fingerprint density at radius 1 is 1.19 bits per heavy atom. The van der Waals surface area contributed by atoms with Crippen molar-refractivity contribution < 1.29 is 9.47 Å². The van der Waals surface area contributed by atoms with Gasteiger partial charge in [0.15, 0.2) is 5.96 Å². The SMILES string of the molecule is CCOCCOc1cc(C)ccc1CNC(=NC)NCCCCN1CCCCC1C.I. The Bertz CT molecular complexity index is 642. The molecule has 7 heteroatoms. The Kier molecular flexibility index (Phi) is 14.9. The lowest BCUT2D eigenvalue weighted by atomic mass is 10.0. The zero-order chi connectivity index (χ0) is 21.6. The summed E-state index contributed by atoms with van der Waals surface area (Å²) in [4.78, 5) is 7.00. The van der Waals surface area contributed by atoms with Gasteiger partial charge in [-0.3, -0.25) is 4.99 Å². The lowest BCUT2D eigenvalue weighted by molar-refractivity contribution is 0.110. The normalized spacial score (nSPS) is 17.2. The third-order valence-corrected chi connectivity index (χ3v) is 5.69. The number of hydrogen-bond donors (Lipinski definition) is 2. The number of likely N-dealkylation sites (tertiary alicyclic amines) is 1. The van der Waals surface area contributed by atoms with Crippen molar-refractivity contribution >= 4 is 29.9 Å². The van der Waals surface area contributed by atoms with Crippen molar-refractivity contribution in [3.8, 4) is 5.75 Å². The van der Waals surface area contributed by atoms with Crippen molar-refractivity contribution in [2.45, 2.75) is 65.5 Å². The van der Waals surface area contributed by atoms with Crippen molar-refractivity contribution in [1.29, 1.82) is 0 Å². The molecule has 0 spiro atoms. The van der Waals surface area contributed by atoms with Gasteiger partial charge in [-0.25, -0.2) is 0 Å². The first-order valence-electron chi connectivity index (χ1n) is 11.6. The largest absolute Gasteiger partial charge is 0.491 e. The number of halogens is 1. The fraction of sp³-hybridized carbons (Fsp3) is 0.708. The number of nitrogens with zero attached hydrogens (tertiary/aromatic N) is 2. The Balaban J connectivity index is 0.00000480. The van der Waals surface area contributed by atoms with Gasteiger partial charge in [0.25, 0.3) is 0 Å². The highest BCUT2D eigenvalue weighted by molar-refractivity contribution is 14.0. The van der Waals surface area contributed by atoms with Crippen LogP contribution in [0.2, 0.25) is 0 Å². The van der Waals surface area contributed by atoms with Gasteiger partial charge < -0.3 is 25.0 Å². The van der Waals surface area contributed by atoms with Crippen LogP contribution in [-0.4, -0.2) is 63.4 Å². The number of nitrogens with one attached hydrogen (secondary N) is 2. The van der Waals surface area contributed by atoms with Gasteiger partial charge in [0.1, 0.15) is 12.4 Å². The van der Waals surface area contributed by atoms with Gasteiger partial charge in [0.05, 0.1) is 6.61 Å². The second kappa shape index (κ2) is 16.6. The second-order valence-corrected chi connectivity index (χ2v) is 8.10. The molecule has 1 aromatic carbocycles. The first kappa shape index (κ1) is 28.0. The van der Waals surface area contributed by atoms with E-state index in [4.69, 9.17) is 9.47 Å². The van der Waals surface area contributed by atoms with E-state index in [9.17, 15) is 0 Å². The lowest BCUT2D eigenvalue weighted by Crippen LogP contribution is -2.39. The summed E-state index contributed by atoms with van der Waals surface area (Å²) in [6.45, 7) is 12.4. The van der Waals surface area contributed by atoms with Crippen LogP contribution in [0, 0.1) is 6.92 Å². The van der Waals surface area contributed by atoms with Crippen molar-refractivity contribution in [3.63, 3.8) is 0 Å². The van der Waals surface area contributed by atoms with E-state index in [-0.39, 0.29) is 24.0 Å². The third kappa shape index (κ3) is 10.9. The average molecular weight is 547 g/mol. The van der Waals surface area contributed by atoms with Crippen LogP contribution in [0.4, 0.5) is 0 Å². The van der Waals surface area contributed by atoms with Crippen LogP contribution in [0.3, 0.4) is 0 Å². The number of benzene rings is 1.